The topological polar surface area (TPSA) is 66.9 Å². The molecule has 0 fully saturated rings. The van der Waals surface area contributed by atoms with E-state index in [2.05, 4.69) is 26.1 Å². The Morgan fingerprint density at radius 3 is 3.11 bits per heavy atom. The van der Waals surface area contributed by atoms with E-state index in [-0.39, 0.29) is 11.8 Å². The molecule has 1 aliphatic rings. The van der Waals surface area contributed by atoms with Crippen LogP contribution in [0.15, 0.2) is 24.3 Å². The minimum absolute atomic E-state index is 0.0317. The number of anilines is 1. The van der Waals surface area contributed by atoms with E-state index in [0.29, 0.717) is 17.5 Å². The number of fused-ring (bicyclic) bond motifs is 1. The molecule has 0 bridgehead atoms. The van der Waals surface area contributed by atoms with Crippen LogP contribution in [0.4, 0.5) is 5.13 Å². The zero-order valence-electron chi connectivity index (χ0n) is 10.5. The third-order valence-electron chi connectivity index (χ3n) is 3.17. The summed E-state index contributed by atoms with van der Waals surface area (Å²) in [5.74, 6) is 0.479. The van der Waals surface area contributed by atoms with Crippen molar-refractivity contribution in [3.63, 3.8) is 0 Å². The standard InChI is InChI=1S/C13H14N4OS/c1-8-15-13(19-17-8)16-12(18)11-7-14-6-9-4-2-3-5-10(9)11/h2-5,11,14H,6-7H2,1H3,(H,15,16,17,18). The molecule has 3 rings (SSSR count). The Morgan fingerprint density at radius 2 is 2.32 bits per heavy atom. The molecule has 5 nitrogen and oxygen atoms in total. The highest BCUT2D eigenvalue weighted by atomic mass is 32.1. The lowest BCUT2D eigenvalue weighted by atomic mass is 9.90. The fourth-order valence-corrected chi connectivity index (χ4v) is 2.85. The van der Waals surface area contributed by atoms with Crippen molar-refractivity contribution in [3.8, 4) is 0 Å². The summed E-state index contributed by atoms with van der Waals surface area (Å²) in [6.07, 6.45) is 0. The minimum Gasteiger partial charge on any atom is -0.312 e. The molecule has 0 spiro atoms. The lowest BCUT2D eigenvalue weighted by Crippen LogP contribution is -2.35. The number of aryl methyl sites for hydroxylation is 1. The normalized spacial score (nSPS) is 17.8. The SMILES string of the molecule is Cc1nsc(NC(=O)C2CNCc3ccccc32)n1. The summed E-state index contributed by atoms with van der Waals surface area (Å²) in [7, 11) is 0. The van der Waals surface area contributed by atoms with Gasteiger partial charge in [-0.3, -0.25) is 4.79 Å². The third kappa shape index (κ3) is 2.50. The van der Waals surface area contributed by atoms with Crippen LogP contribution in [0.3, 0.4) is 0 Å². The monoisotopic (exact) mass is 274 g/mol. The Kier molecular flexibility index (Phi) is 3.27. The maximum absolute atomic E-state index is 12.3. The van der Waals surface area contributed by atoms with E-state index in [0.717, 1.165) is 12.1 Å². The first kappa shape index (κ1) is 12.3. The lowest BCUT2D eigenvalue weighted by molar-refractivity contribution is -0.117. The van der Waals surface area contributed by atoms with Gasteiger partial charge in [-0.25, -0.2) is 4.98 Å². The van der Waals surface area contributed by atoms with Crippen LogP contribution in [0.5, 0.6) is 0 Å². The van der Waals surface area contributed by atoms with Gasteiger partial charge in [-0.15, -0.1) is 0 Å². The summed E-state index contributed by atoms with van der Waals surface area (Å²) in [5, 5.41) is 6.67. The van der Waals surface area contributed by atoms with Crippen LogP contribution in [0.2, 0.25) is 0 Å². The number of hydrogen-bond donors (Lipinski definition) is 2. The lowest BCUT2D eigenvalue weighted by Gasteiger charge is -2.25. The van der Waals surface area contributed by atoms with E-state index in [1.807, 2.05) is 25.1 Å². The Morgan fingerprint density at radius 1 is 1.47 bits per heavy atom. The second-order valence-electron chi connectivity index (χ2n) is 4.52. The fraction of sp³-hybridized carbons (Fsp3) is 0.308. The first-order valence-electron chi connectivity index (χ1n) is 6.14. The second kappa shape index (κ2) is 5.07. The molecule has 1 atom stereocenters. The van der Waals surface area contributed by atoms with Gasteiger partial charge in [0, 0.05) is 24.6 Å². The van der Waals surface area contributed by atoms with Gasteiger partial charge in [0.1, 0.15) is 5.82 Å². The van der Waals surface area contributed by atoms with Crippen LogP contribution >= 0.6 is 11.5 Å². The van der Waals surface area contributed by atoms with Gasteiger partial charge in [-0.1, -0.05) is 24.3 Å². The van der Waals surface area contributed by atoms with Crippen LogP contribution < -0.4 is 10.6 Å². The smallest absolute Gasteiger partial charge is 0.235 e. The van der Waals surface area contributed by atoms with Crippen molar-refractivity contribution in [2.75, 3.05) is 11.9 Å². The summed E-state index contributed by atoms with van der Waals surface area (Å²) in [4.78, 5) is 16.5. The molecule has 1 aromatic heterocycles. The van der Waals surface area contributed by atoms with E-state index in [1.54, 1.807) is 0 Å². The van der Waals surface area contributed by atoms with Crippen LogP contribution in [0.1, 0.15) is 22.9 Å². The molecule has 1 unspecified atom stereocenters. The van der Waals surface area contributed by atoms with Gasteiger partial charge in [-0.2, -0.15) is 4.37 Å². The van der Waals surface area contributed by atoms with E-state index in [9.17, 15) is 4.79 Å². The van der Waals surface area contributed by atoms with Crippen LogP contribution in [-0.2, 0) is 11.3 Å². The van der Waals surface area contributed by atoms with Crippen LogP contribution in [0, 0.1) is 6.92 Å². The van der Waals surface area contributed by atoms with Crippen LogP contribution in [0.25, 0.3) is 0 Å². The number of amides is 1. The number of hydrogen-bond acceptors (Lipinski definition) is 5. The average molecular weight is 274 g/mol. The summed E-state index contributed by atoms with van der Waals surface area (Å²) in [6.45, 7) is 3.28. The summed E-state index contributed by atoms with van der Waals surface area (Å²) in [6, 6.07) is 8.04. The number of rotatable bonds is 2. The van der Waals surface area contributed by atoms with Crippen molar-refractivity contribution in [1.29, 1.82) is 0 Å². The number of nitrogens with one attached hydrogen (secondary N) is 2. The molecule has 2 N–H and O–H groups in total. The predicted molar refractivity (Wildman–Crippen MR) is 74.2 cm³/mol. The minimum atomic E-state index is -0.172. The Labute approximate surface area is 115 Å². The third-order valence-corrected chi connectivity index (χ3v) is 3.89. The highest BCUT2D eigenvalue weighted by Gasteiger charge is 2.26. The van der Waals surface area contributed by atoms with Gasteiger partial charge in [0.2, 0.25) is 11.0 Å². The van der Waals surface area contributed by atoms with Gasteiger partial charge in [0.15, 0.2) is 0 Å². The number of aromatic nitrogens is 2. The molecular formula is C13H14N4OS. The molecule has 0 radical (unpaired) electrons. The summed E-state index contributed by atoms with van der Waals surface area (Å²) in [5.41, 5.74) is 2.28. The first-order valence-corrected chi connectivity index (χ1v) is 6.91. The van der Waals surface area contributed by atoms with Crippen molar-refractivity contribution in [3.05, 3.63) is 41.2 Å². The van der Waals surface area contributed by atoms with Crippen molar-refractivity contribution >= 4 is 22.6 Å². The largest absolute Gasteiger partial charge is 0.312 e. The molecule has 1 aliphatic heterocycles. The van der Waals surface area contributed by atoms with Gasteiger partial charge in [0.05, 0.1) is 5.92 Å². The van der Waals surface area contributed by atoms with Crippen LogP contribution in [-0.4, -0.2) is 21.8 Å². The number of nitrogens with zero attached hydrogens (tertiary/aromatic N) is 2. The number of benzene rings is 1. The average Bonchev–Trinajstić information content (AvgIpc) is 2.83. The van der Waals surface area contributed by atoms with E-state index < -0.39 is 0 Å². The van der Waals surface area contributed by atoms with Gasteiger partial charge in [-0.05, 0) is 18.1 Å². The molecule has 2 heterocycles. The predicted octanol–water partition coefficient (Wildman–Crippen LogP) is 1.67. The fourth-order valence-electron chi connectivity index (χ4n) is 2.27. The molecule has 98 valence electrons. The maximum atomic E-state index is 12.3. The molecule has 0 aliphatic carbocycles. The molecule has 0 saturated heterocycles. The van der Waals surface area contributed by atoms with Crippen molar-refractivity contribution in [2.45, 2.75) is 19.4 Å². The molecule has 19 heavy (non-hydrogen) atoms. The Balaban J connectivity index is 1.81. The highest BCUT2D eigenvalue weighted by Crippen LogP contribution is 2.25. The van der Waals surface area contributed by atoms with Gasteiger partial charge < -0.3 is 10.6 Å². The Hall–Kier alpha value is -1.79. The molecule has 1 aromatic carbocycles. The number of carbonyl (C=O) groups is 1. The van der Waals surface area contributed by atoms with E-state index in [1.165, 1.54) is 17.1 Å². The second-order valence-corrected chi connectivity index (χ2v) is 5.27. The Bertz CT molecular complexity index is 610. The number of carbonyl (C=O) groups excluding carboxylic acids is 1. The summed E-state index contributed by atoms with van der Waals surface area (Å²) >= 11 is 1.21. The molecular weight excluding hydrogens is 260 g/mol. The van der Waals surface area contributed by atoms with Crippen molar-refractivity contribution in [2.24, 2.45) is 0 Å². The molecule has 6 heteroatoms. The van der Waals surface area contributed by atoms with E-state index >= 15 is 0 Å². The maximum Gasteiger partial charge on any atom is 0.235 e. The van der Waals surface area contributed by atoms with Crippen molar-refractivity contribution < 1.29 is 4.79 Å². The molecule has 1 amide bonds. The summed E-state index contributed by atoms with van der Waals surface area (Å²) < 4.78 is 4.06. The van der Waals surface area contributed by atoms with Gasteiger partial charge in [0.25, 0.3) is 0 Å². The first-order chi connectivity index (χ1) is 9.24. The quantitative estimate of drug-likeness (QED) is 0.874. The highest BCUT2D eigenvalue weighted by molar-refractivity contribution is 7.09. The molecule has 0 saturated carbocycles. The van der Waals surface area contributed by atoms with Crippen molar-refractivity contribution in [1.82, 2.24) is 14.7 Å². The zero-order valence-corrected chi connectivity index (χ0v) is 11.3. The van der Waals surface area contributed by atoms with E-state index in [4.69, 9.17) is 0 Å². The van der Waals surface area contributed by atoms with Gasteiger partial charge >= 0.3 is 0 Å². The zero-order chi connectivity index (χ0) is 13.2. The molecule has 2 aromatic rings.